The molecule has 2 aliphatic heterocycles. The summed E-state index contributed by atoms with van der Waals surface area (Å²) >= 11 is 0. The Morgan fingerprint density at radius 3 is 2.69 bits per heavy atom. The number of hydrogen-bond acceptors (Lipinski definition) is 5. The van der Waals surface area contributed by atoms with Gasteiger partial charge >= 0.3 is 0 Å². The van der Waals surface area contributed by atoms with Gasteiger partial charge in [0.25, 0.3) is 0 Å². The summed E-state index contributed by atoms with van der Waals surface area (Å²) in [5.74, 6) is -0.208. The Bertz CT molecular complexity index is 1250. The number of carbonyl (C=O) groups excluding carboxylic acids is 1. The predicted octanol–water partition coefficient (Wildman–Crippen LogP) is 3.91. The summed E-state index contributed by atoms with van der Waals surface area (Å²) < 4.78 is 30.0. The number of carbonyl (C=O) groups is 1. The fraction of sp³-hybridized carbons (Fsp3) is 0.423. The number of nitrogens with zero attached hydrogens (tertiary/aromatic N) is 6. The first-order valence-corrected chi connectivity index (χ1v) is 12.2. The number of rotatable bonds is 5. The monoisotopic (exact) mass is 480 g/mol. The Hall–Kier alpha value is -3.33. The van der Waals surface area contributed by atoms with Crippen molar-refractivity contribution >= 4 is 23.4 Å². The molecule has 0 bridgehead atoms. The second kappa shape index (κ2) is 9.73. The van der Waals surface area contributed by atoms with E-state index >= 15 is 0 Å². The molecule has 0 saturated carbocycles. The topological polar surface area (TPSA) is 57.0 Å². The highest BCUT2D eigenvalue weighted by atomic mass is 19.1. The summed E-state index contributed by atoms with van der Waals surface area (Å²) in [6.07, 6.45) is 8.40. The van der Waals surface area contributed by atoms with Gasteiger partial charge in [-0.2, -0.15) is 5.10 Å². The van der Waals surface area contributed by atoms with E-state index in [2.05, 4.69) is 23.8 Å². The number of anilines is 1. The van der Waals surface area contributed by atoms with Gasteiger partial charge < -0.3 is 9.80 Å². The average Bonchev–Trinajstić information content (AvgIpc) is 3.51. The molecule has 2 fully saturated rings. The van der Waals surface area contributed by atoms with Crippen molar-refractivity contribution in [1.82, 2.24) is 24.4 Å². The van der Waals surface area contributed by atoms with E-state index in [1.54, 1.807) is 29.1 Å². The number of piperazine rings is 1. The van der Waals surface area contributed by atoms with Gasteiger partial charge in [0.2, 0.25) is 5.91 Å². The molecular weight excluding hydrogens is 450 g/mol. The van der Waals surface area contributed by atoms with Gasteiger partial charge in [-0.1, -0.05) is 0 Å². The van der Waals surface area contributed by atoms with Gasteiger partial charge in [-0.3, -0.25) is 9.69 Å². The molecule has 9 heteroatoms. The average molecular weight is 481 g/mol. The van der Waals surface area contributed by atoms with Crippen molar-refractivity contribution in [3.8, 4) is 0 Å². The highest BCUT2D eigenvalue weighted by Crippen LogP contribution is 2.36. The summed E-state index contributed by atoms with van der Waals surface area (Å²) in [7, 11) is 0. The van der Waals surface area contributed by atoms with Gasteiger partial charge in [-0.25, -0.2) is 18.3 Å². The lowest BCUT2D eigenvalue weighted by Gasteiger charge is -2.36. The Balaban J connectivity index is 1.35. The van der Waals surface area contributed by atoms with E-state index in [0.717, 1.165) is 37.6 Å². The molecule has 7 nitrogen and oxygen atoms in total. The molecule has 5 rings (SSSR count). The molecule has 0 spiro atoms. The minimum atomic E-state index is -0.449. The van der Waals surface area contributed by atoms with Gasteiger partial charge in [0.15, 0.2) is 5.65 Å². The Labute approximate surface area is 203 Å². The number of hydrogen-bond donors (Lipinski definition) is 0. The summed E-state index contributed by atoms with van der Waals surface area (Å²) in [6.45, 7) is 8.22. The molecule has 2 aromatic heterocycles. The molecule has 1 aromatic carbocycles. The molecule has 2 aliphatic rings. The third-order valence-corrected chi connectivity index (χ3v) is 7.01. The highest BCUT2D eigenvalue weighted by Gasteiger charge is 2.30. The molecule has 1 amide bonds. The van der Waals surface area contributed by atoms with E-state index in [1.165, 1.54) is 12.1 Å². The number of halogens is 2. The van der Waals surface area contributed by atoms with Crippen LogP contribution in [0.2, 0.25) is 0 Å². The zero-order chi connectivity index (χ0) is 24.5. The highest BCUT2D eigenvalue weighted by molar-refractivity contribution is 5.92. The summed E-state index contributed by atoms with van der Waals surface area (Å²) in [5, 5.41) is 4.35. The first-order chi connectivity index (χ1) is 16.9. The van der Waals surface area contributed by atoms with Crippen molar-refractivity contribution in [2.75, 3.05) is 37.6 Å². The molecule has 3 aromatic rings. The van der Waals surface area contributed by atoms with Crippen LogP contribution in [0.25, 0.3) is 11.7 Å². The zero-order valence-corrected chi connectivity index (χ0v) is 20.1. The van der Waals surface area contributed by atoms with Crippen molar-refractivity contribution in [1.29, 1.82) is 0 Å². The van der Waals surface area contributed by atoms with Crippen LogP contribution < -0.4 is 4.90 Å². The van der Waals surface area contributed by atoms with E-state index in [4.69, 9.17) is 4.98 Å². The molecular formula is C26H30F2N6O. The van der Waals surface area contributed by atoms with Crippen LogP contribution in [0.5, 0.6) is 0 Å². The minimum Gasteiger partial charge on any atom is -0.349 e. The van der Waals surface area contributed by atoms with E-state index < -0.39 is 11.6 Å². The van der Waals surface area contributed by atoms with Crippen molar-refractivity contribution in [3.05, 3.63) is 65.5 Å². The molecule has 0 radical (unpaired) electrons. The molecule has 4 heterocycles. The summed E-state index contributed by atoms with van der Waals surface area (Å²) in [6, 6.07) is 5.62. The molecule has 0 aliphatic carbocycles. The maximum absolute atomic E-state index is 14.5. The summed E-state index contributed by atoms with van der Waals surface area (Å²) in [5.41, 5.74) is 1.69. The lowest BCUT2D eigenvalue weighted by atomic mass is 10.0. The smallest absolute Gasteiger partial charge is 0.246 e. The quantitative estimate of drug-likeness (QED) is 0.519. The predicted molar refractivity (Wildman–Crippen MR) is 131 cm³/mol. The third-order valence-electron chi connectivity index (χ3n) is 7.01. The number of amides is 1. The Morgan fingerprint density at radius 2 is 1.91 bits per heavy atom. The Kier molecular flexibility index (Phi) is 6.51. The van der Waals surface area contributed by atoms with Crippen LogP contribution in [-0.4, -0.2) is 69.1 Å². The lowest BCUT2D eigenvalue weighted by Crippen LogP contribution is -2.50. The van der Waals surface area contributed by atoms with Crippen molar-refractivity contribution in [2.24, 2.45) is 0 Å². The Morgan fingerprint density at radius 1 is 1.11 bits per heavy atom. The molecule has 1 atom stereocenters. The zero-order valence-electron chi connectivity index (χ0n) is 20.1. The second-order valence-corrected chi connectivity index (χ2v) is 9.46. The summed E-state index contributed by atoms with van der Waals surface area (Å²) in [4.78, 5) is 23.8. The maximum atomic E-state index is 14.5. The first-order valence-electron chi connectivity index (χ1n) is 12.2. The fourth-order valence-corrected chi connectivity index (χ4v) is 5.01. The van der Waals surface area contributed by atoms with E-state index in [9.17, 15) is 13.6 Å². The van der Waals surface area contributed by atoms with Crippen molar-refractivity contribution < 1.29 is 13.6 Å². The van der Waals surface area contributed by atoms with Gasteiger partial charge in [-0.05, 0) is 57.0 Å². The van der Waals surface area contributed by atoms with Gasteiger partial charge in [0, 0.05) is 62.2 Å². The standard InChI is InChI=1S/C26H30F2N6O/c1-18(2)31-12-14-32(15-13-31)25(35)8-5-19-17-29-34-11-9-24(30-26(19)34)33-10-3-4-23(33)21-16-20(27)6-7-22(21)28/h5-9,11,16-18,23H,3-4,10,12-15H2,1-2H3/t23-/m1/s1. The van der Waals surface area contributed by atoms with Gasteiger partial charge in [0.05, 0.1) is 12.2 Å². The van der Waals surface area contributed by atoms with E-state index in [0.29, 0.717) is 42.7 Å². The van der Waals surface area contributed by atoms with Crippen LogP contribution in [0.4, 0.5) is 14.6 Å². The molecule has 2 saturated heterocycles. The molecule has 0 N–H and O–H groups in total. The van der Waals surface area contributed by atoms with Crippen LogP contribution in [0.3, 0.4) is 0 Å². The number of fused-ring (bicyclic) bond motifs is 1. The van der Waals surface area contributed by atoms with Crippen LogP contribution in [0, 0.1) is 11.6 Å². The van der Waals surface area contributed by atoms with Gasteiger partial charge in [-0.15, -0.1) is 0 Å². The van der Waals surface area contributed by atoms with Crippen molar-refractivity contribution in [2.45, 2.75) is 38.8 Å². The lowest BCUT2D eigenvalue weighted by molar-refractivity contribution is -0.127. The van der Waals surface area contributed by atoms with Crippen LogP contribution >= 0.6 is 0 Å². The van der Waals surface area contributed by atoms with E-state index in [-0.39, 0.29) is 11.9 Å². The minimum absolute atomic E-state index is 0.0231. The number of aromatic nitrogens is 3. The normalized spacial score (nSPS) is 19.5. The SMILES string of the molecule is CC(C)N1CCN(C(=O)C=Cc2cnn3ccc(N4CCC[C@@H]4c4cc(F)ccc4F)nc23)CC1. The molecule has 184 valence electrons. The largest absolute Gasteiger partial charge is 0.349 e. The first kappa shape index (κ1) is 23.4. The van der Waals surface area contributed by atoms with Crippen LogP contribution in [-0.2, 0) is 4.79 Å². The second-order valence-electron chi connectivity index (χ2n) is 9.46. The molecule has 0 unspecified atom stereocenters. The fourth-order valence-electron chi connectivity index (χ4n) is 5.01. The maximum Gasteiger partial charge on any atom is 0.246 e. The van der Waals surface area contributed by atoms with Crippen molar-refractivity contribution in [3.63, 3.8) is 0 Å². The van der Waals surface area contributed by atoms with Crippen LogP contribution in [0.15, 0.2) is 42.7 Å². The third kappa shape index (κ3) is 4.77. The van der Waals surface area contributed by atoms with E-state index in [1.807, 2.05) is 15.9 Å². The van der Waals surface area contributed by atoms with Gasteiger partial charge in [0.1, 0.15) is 17.5 Å². The molecule has 35 heavy (non-hydrogen) atoms. The number of benzene rings is 1. The van der Waals surface area contributed by atoms with Crippen LogP contribution in [0.1, 0.15) is 43.9 Å².